The van der Waals surface area contributed by atoms with Gasteiger partial charge in [0, 0.05) is 0 Å². The molecule has 0 aromatic heterocycles. The second kappa shape index (κ2) is 8.12. The van der Waals surface area contributed by atoms with Gasteiger partial charge in [0.15, 0.2) is 0 Å². The number of halogens is 2. The molecule has 4 heteroatoms. The molecule has 3 aromatic rings. The van der Waals surface area contributed by atoms with Gasteiger partial charge in [-0.2, -0.15) is 0 Å². The van der Waals surface area contributed by atoms with E-state index >= 15 is 0 Å². The van der Waals surface area contributed by atoms with Crippen molar-refractivity contribution in [1.29, 1.82) is 0 Å². The zero-order valence-electron chi connectivity index (χ0n) is 14.8. The van der Waals surface area contributed by atoms with Crippen molar-refractivity contribution < 1.29 is 4.74 Å². The first-order valence-electron chi connectivity index (χ1n) is 8.68. The molecule has 1 unspecified atom stereocenters. The molecule has 27 heavy (non-hydrogen) atoms. The van der Waals surface area contributed by atoms with Crippen LogP contribution in [0.2, 0.25) is 15.4 Å². The Labute approximate surface area is 176 Å². The summed E-state index contributed by atoms with van der Waals surface area (Å²) < 4.78 is 6.77. The third-order valence-electron chi connectivity index (χ3n) is 4.77. The second-order valence-corrected chi connectivity index (χ2v) is 9.43. The average molecular weight is 460 g/mol. The number of allylic oxidation sites excluding steroid dienone is 1. The van der Waals surface area contributed by atoms with Crippen LogP contribution in [0.5, 0.6) is 5.75 Å². The van der Waals surface area contributed by atoms with Gasteiger partial charge in [0.25, 0.3) is 0 Å². The van der Waals surface area contributed by atoms with Crippen molar-refractivity contribution in [2.75, 3.05) is 7.11 Å². The SMILES string of the molecule is COc1ccc(C2C[Se]C(c3ccc(Cl)cc3)=C2c2ccc(Cl)cc2)cc1. The van der Waals surface area contributed by atoms with E-state index in [4.69, 9.17) is 27.9 Å². The van der Waals surface area contributed by atoms with Crippen LogP contribution in [-0.4, -0.2) is 22.1 Å². The van der Waals surface area contributed by atoms with Crippen molar-refractivity contribution in [3.8, 4) is 5.75 Å². The van der Waals surface area contributed by atoms with Gasteiger partial charge in [-0.3, -0.25) is 0 Å². The number of ether oxygens (including phenoxy) is 1. The van der Waals surface area contributed by atoms with Crippen LogP contribution in [0, 0.1) is 0 Å². The Morgan fingerprint density at radius 3 is 1.89 bits per heavy atom. The van der Waals surface area contributed by atoms with E-state index in [-0.39, 0.29) is 0 Å². The zero-order chi connectivity index (χ0) is 18.8. The summed E-state index contributed by atoms with van der Waals surface area (Å²) in [6, 6.07) is 24.9. The fourth-order valence-corrected chi connectivity index (χ4v) is 6.60. The summed E-state index contributed by atoms with van der Waals surface area (Å²) in [4.78, 5) is 0. The number of methoxy groups -OCH3 is 1. The van der Waals surface area contributed by atoms with E-state index in [0.717, 1.165) is 21.1 Å². The van der Waals surface area contributed by atoms with Gasteiger partial charge < -0.3 is 0 Å². The van der Waals surface area contributed by atoms with Crippen LogP contribution in [0.15, 0.2) is 72.8 Å². The van der Waals surface area contributed by atoms with Gasteiger partial charge in [-0.15, -0.1) is 0 Å². The summed E-state index contributed by atoms with van der Waals surface area (Å²) in [6.07, 6.45) is 0. The van der Waals surface area contributed by atoms with E-state index in [1.54, 1.807) is 7.11 Å². The minimum absolute atomic E-state index is 0.378. The molecule has 0 saturated heterocycles. The van der Waals surface area contributed by atoms with Crippen molar-refractivity contribution in [2.24, 2.45) is 0 Å². The topological polar surface area (TPSA) is 9.23 Å². The third-order valence-corrected chi connectivity index (χ3v) is 7.88. The number of rotatable bonds is 4. The average Bonchev–Trinajstić information content (AvgIpc) is 3.14. The molecule has 0 fully saturated rings. The number of benzene rings is 3. The summed E-state index contributed by atoms with van der Waals surface area (Å²) in [5.74, 6) is 1.26. The van der Waals surface area contributed by atoms with Crippen LogP contribution in [0.1, 0.15) is 22.6 Å². The molecule has 3 aromatic carbocycles. The van der Waals surface area contributed by atoms with Crippen LogP contribution in [0.4, 0.5) is 0 Å². The Balaban J connectivity index is 1.83. The standard InChI is InChI=1S/C23H18Cl2OSe/c1-26-20-12-6-15(7-13-20)21-14-27-23(17-4-10-19(25)11-5-17)22(21)16-2-8-18(24)9-3-16/h2-13,21H,14H2,1H3. The van der Waals surface area contributed by atoms with Crippen molar-refractivity contribution in [1.82, 2.24) is 0 Å². The van der Waals surface area contributed by atoms with E-state index in [1.165, 1.54) is 26.7 Å². The summed E-state index contributed by atoms with van der Waals surface area (Å²) in [5, 5.41) is 2.68. The molecule has 1 aliphatic heterocycles. The fraction of sp³-hybridized carbons (Fsp3) is 0.130. The monoisotopic (exact) mass is 460 g/mol. The third kappa shape index (κ3) is 3.95. The molecule has 0 aliphatic carbocycles. The normalized spacial score (nSPS) is 16.6. The van der Waals surface area contributed by atoms with E-state index < -0.39 is 0 Å². The fourth-order valence-electron chi connectivity index (χ4n) is 3.39. The maximum absolute atomic E-state index is 6.14. The molecule has 0 bridgehead atoms. The summed E-state index contributed by atoms with van der Waals surface area (Å²) in [7, 11) is 1.70. The first kappa shape index (κ1) is 18.7. The molecule has 1 nitrogen and oxygen atoms in total. The summed E-state index contributed by atoms with van der Waals surface area (Å²) >= 11 is 12.6. The Kier molecular flexibility index (Phi) is 5.61. The molecule has 0 amide bonds. The predicted molar refractivity (Wildman–Crippen MR) is 116 cm³/mol. The molecule has 0 N–H and O–H groups in total. The zero-order valence-corrected chi connectivity index (χ0v) is 18.0. The van der Waals surface area contributed by atoms with Crippen LogP contribution < -0.4 is 4.74 Å². The quantitative estimate of drug-likeness (QED) is 0.390. The van der Waals surface area contributed by atoms with Crippen LogP contribution in [-0.2, 0) is 0 Å². The first-order chi connectivity index (χ1) is 13.2. The van der Waals surface area contributed by atoms with Crippen molar-refractivity contribution in [3.63, 3.8) is 0 Å². The van der Waals surface area contributed by atoms with E-state index in [1.807, 2.05) is 36.4 Å². The van der Waals surface area contributed by atoms with Gasteiger partial charge in [-0.25, -0.2) is 0 Å². The molecule has 1 atom stereocenters. The molecule has 1 heterocycles. The van der Waals surface area contributed by atoms with E-state index in [0.29, 0.717) is 20.9 Å². The van der Waals surface area contributed by atoms with Gasteiger partial charge in [0.1, 0.15) is 0 Å². The number of hydrogen-bond acceptors (Lipinski definition) is 1. The van der Waals surface area contributed by atoms with E-state index in [9.17, 15) is 0 Å². The molecule has 136 valence electrons. The first-order valence-corrected chi connectivity index (χ1v) is 11.5. The minimum atomic E-state index is 0.378. The van der Waals surface area contributed by atoms with Gasteiger partial charge in [-0.05, 0) is 0 Å². The maximum atomic E-state index is 6.14. The van der Waals surface area contributed by atoms with E-state index in [2.05, 4.69) is 36.4 Å². The van der Waals surface area contributed by atoms with Crippen LogP contribution in [0.25, 0.3) is 10.0 Å². The molecule has 1 aliphatic rings. The molecule has 0 spiro atoms. The van der Waals surface area contributed by atoms with Crippen molar-refractivity contribution >= 4 is 48.2 Å². The summed E-state index contributed by atoms with van der Waals surface area (Å²) in [5.41, 5.74) is 5.23. The molecule has 0 saturated carbocycles. The van der Waals surface area contributed by atoms with Crippen molar-refractivity contribution in [3.05, 3.63) is 99.5 Å². The predicted octanol–water partition coefficient (Wildman–Crippen LogP) is 6.79. The van der Waals surface area contributed by atoms with Gasteiger partial charge in [-0.1, -0.05) is 0 Å². The van der Waals surface area contributed by atoms with Crippen LogP contribution in [0.3, 0.4) is 0 Å². The molecule has 4 rings (SSSR count). The van der Waals surface area contributed by atoms with Gasteiger partial charge >= 0.3 is 177 Å². The Bertz CT molecular complexity index is 961. The molecule has 0 radical (unpaired) electrons. The molecular formula is C23H18Cl2OSe. The van der Waals surface area contributed by atoms with Gasteiger partial charge in [0.05, 0.1) is 0 Å². The summed E-state index contributed by atoms with van der Waals surface area (Å²) in [6.45, 7) is 0. The van der Waals surface area contributed by atoms with Crippen LogP contribution >= 0.6 is 23.2 Å². The Hall–Kier alpha value is -1.70. The second-order valence-electron chi connectivity index (χ2n) is 6.39. The number of hydrogen-bond donors (Lipinski definition) is 0. The van der Waals surface area contributed by atoms with Crippen molar-refractivity contribution in [2.45, 2.75) is 11.2 Å². The Morgan fingerprint density at radius 1 is 0.778 bits per heavy atom. The molecular weight excluding hydrogens is 442 g/mol. The Morgan fingerprint density at radius 2 is 1.33 bits per heavy atom. The van der Waals surface area contributed by atoms with Gasteiger partial charge in [0.2, 0.25) is 0 Å².